The topological polar surface area (TPSA) is 61.9 Å². The molecule has 6 heteroatoms. The van der Waals surface area contributed by atoms with E-state index in [2.05, 4.69) is 5.32 Å². The summed E-state index contributed by atoms with van der Waals surface area (Å²) in [6, 6.07) is 6.14. The summed E-state index contributed by atoms with van der Waals surface area (Å²) in [5, 5.41) is 2.93. The van der Waals surface area contributed by atoms with E-state index in [1.807, 2.05) is 55.9 Å². The first-order valence-electron chi connectivity index (χ1n) is 8.73. The van der Waals surface area contributed by atoms with Crippen LogP contribution in [0.2, 0.25) is 0 Å². The molecule has 0 unspecified atom stereocenters. The molecule has 2 amide bonds. The van der Waals surface area contributed by atoms with E-state index in [1.165, 1.54) is 7.11 Å². The Morgan fingerprint density at radius 3 is 2.48 bits per heavy atom. The molecule has 0 aromatic heterocycles. The third-order valence-corrected chi connectivity index (χ3v) is 4.27. The Bertz CT molecular complexity index is 624. The van der Waals surface area contributed by atoms with Crippen LogP contribution in [-0.4, -0.2) is 50.6 Å². The van der Waals surface area contributed by atoms with Gasteiger partial charge in [0, 0.05) is 51.1 Å². The molecule has 0 spiro atoms. The largest absolute Gasteiger partial charge is 0.377 e. The molecule has 0 bridgehead atoms. The molecule has 1 N–H and O–H groups in total. The second kappa shape index (κ2) is 8.34. The zero-order chi connectivity index (χ0) is 18.6. The number of nitrogens with zero attached hydrogens (tertiary/aromatic N) is 2. The van der Waals surface area contributed by atoms with Crippen molar-refractivity contribution in [2.45, 2.75) is 39.3 Å². The molecular formula is C19H29N3O3. The van der Waals surface area contributed by atoms with Gasteiger partial charge in [-0.15, -0.1) is 0 Å². The van der Waals surface area contributed by atoms with Crippen molar-refractivity contribution in [3.8, 4) is 0 Å². The maximum Gasteiger partial charge on any atom is 0.249 e. The number of ether oxygens (including phenoxy) is 1. The maximum absolute atomic E-state index is 12.4. The molecule has 2 rings (SSSR count). The molecule has 0 saturated heterocycles. The molecule has 1 aliphatic rings. The first kappa shape index (κ1) is 19.2. The highest BCUT2D eigenvalue weighted by Crippen LogP contribution is 2.31. The molecule has 0 aliphatic heterocycles. The Morgan fingerprint density at radius 2 is 1.96 bits per heavy atom. The van der Waals surface area contributed by atoms with Crippen molar-refractivity contribution in [2.75, 3.05) is 38.0 Å². The molecule has 6 nitrogen and oxygen atoms in total. The Kier molecular flexibility index (Phi) is 6.42. The van der Waals surface area contributed by atoms with Gasteiger partial charge in [-0.25, -0.2) is 0 Å². The van der Waals surface area contributed by atoms with Gasteiger partial charge in [-0.05, 0) is 36.6 Å². The van der Waals surface area contributed by atoms with Crippen molar-refractivity contribution in [2.24, 2.45) is 5.92 Å². The van der Waals surface area contributed by atoms with Gasteiger partial charge in [-0.1, -0.05) is 13.8 Å². The standard InChI is InChI=1S/C19H29N3O3/c1-13(2)19(24)20-15-6-9-17(21(3)4)14(10-15)11-22(16-7-8-16)18(23)12-25-5/h6,9-10,13,16H,7-8,11-12H2,1-5H3,(H,20,24). The summed E-state index contributed by atoms with van der Waals surface area (Å²) in [6.07, 6.45) is 2.08. The fourth-order valence-corrected chi connectivity index (χ4v) is 2.71. The lowest BCUT2D eigenvalue weighted by molar-refractivity contribution is -0.136. The monoisotopic (exact) mass is 347 g/mol. The van der Waals surface area contributed by atoms with Gasteiger partial charge in [0.25, 0.3) is 0 Å². The average molecular weight is 347 g/mol. The minimum absolute atomic E-state index is 0.00586. The van der Waals surface area contributed by atoms with Gasteiger partial charge in [0.2, 0.25) is 11.8 Å². The second-order valence-corrected chi connectivity index (χ2v) is 7.07. The SMILES string of the molecule is COCC(=O)N(Cc1cc(NC(=O)C(C)C)ccc1N(C)C)C1CC1. The van der Waals surface area contributed by atoms with E-state index >= 15 is 0 Å². The molecule has 1 fully saturated rings. The molecule has 1 aliphatic carbocycles. The smallest absolute Gasteiger partial charge is 0.249 e. The van der Waals surface area contributed by atoms with Crippen molar-refractivity contribution in [1.29, 1.82) is 0 Å². The van der Waals surface area contributed by atoms with Gasteiger partial charge in [-0.3, -0.25) is 9.59 Å². The second-order valence-electron chi connectivity index (χ2n) is 7.07. The summed E-state index contributed by atoms with van der Waals surface area (Å²) in [4.78, 5) is 28.3. The van der Waals surface area contributed by atoms with Crippen LogP contribution in [0.5, 0.6) is 0 Å². The van der Waals surface area contributed by atoms with Crippen LogP contribution < -0.4 is 10.2 Å². The van der Waals surface area contributed by atoms with Crippen LogP contribution in [0.1, 0.15) is 32.3 Å². The van der Waals surface area contributed by atoms with Crippen LogP contribution in [-0.2, 0) is 20.9 Å². The zero-order valence-electron chi connectivity index (χ0n) is 15.8. The highest BCUT2D eigenvalue weighted by Gasteiger charge is 2.33. The summed E-state index contributed by atoms with van der Waals surface area (Å²) in [5.41, 5.74) is 2.82. The first-order chi connectivity index (χ1) is 11.8. The number of carbonyl (C=O) groups is 2. The summed E-state index contributed by atoms with van der Waals surface area (Å²) in [5.74, 6) is -0.0902. The van der Waals surface area contributed by atoms with Crippen LogP contribution in [0.15, 0.2) is 18.2 Å². The average Bonchev–Trinajstić information content (AvgIpc) is 3.37. The first-order valence-corrected chi connectivity index (χ1v) is 8.73. The van der Waals surface area contributed by atoms with E-state index in [1.54, 1.807) is 0 Å². The minimum atomic E-state index is -0.0804. The normalized spacial score (nSPS) is 13.7. The number of carbonyl (C=O) groups excluding carboxylic acids is 2. The number of benzene rings is 1. The maximum atomic E-state index is 12.4. The molecule has 1 aromatic carbocycles. The molecule has 1 saturated carbocycles. The summed E-state index contributed by atoms with van der Waals surface area (Å²) < 4.78 is 5.02. The number of rotatable bonds is 8. The van der Waals surface area contributed by atoms with Crippen molar-refractivity contribution in [3.63, 3.8) is 0 Å². The lowest BCUT2D eigenvalue weighted by atomic mass is 10.1. The van der Waals surface area contributed by atoms with Crippen LogP contribution in [0.4, 0.5) is 11.4 Å². The fourth-order valence-electron chi connectivity index (χ4n) is 2.71. The summed E-state index contributed by atoms with van der Waals surface area (Å²) in [7, 11) is 5.49. The Balaban J connectivity index is 2.25. The molecule has 0 atom stereocenters. The third kappa shape index (κ3) is 5.19. The van der Waals surface area contributed by atoms with Crippen LogP contribution >= 0.6 is 0 Å². The summed E-state index contributed by atoms with van der Waals surface area (Å²) in [6.45, 7) is 4.34. The van der Waals surface area contributed by atoms with Crippen LogP contribution in [0.3, 0.4) is 0 Å². The van der Waals surface area contributed by atoms with Crippen LogP contribution in [0.25, 0.3) is 0 Å². The predicted octanol–water partition coefficient (Wildman–Crippen LogP) is 2.48. The quantitative estimate of drug-likeness (QED) is 0.785. The highest BCUT2D eigenvalue weighted by molar-refractivity contribution is 5.92. The highest BCUT2D eigenvalue weighted by atomic mass is 16.5. The molecule has 0 heterocycles. The number of nitrogens with one attached hydrogen (secondary N) is 1. The van der Waals surface area contributed by atoms with Gasteiger partial charge in [0.05, 0.1) is 0 Å². The number of hydrogen-bond donors (Lipinski definition) is 1. The van der Waals surface area contributed by atoms with Crippen molar-refractivity contribution < 1.29 is 14.3 Å². The van der Waals surface area contributed by atoms with E-state index in [9.17, 15) is 9.59 Å². The minimum Gasteiger partial charge on any atom is -0.377 e. The van der Waals surface area contributed by atoms with Crippen molar-refractivity contribution >= 4 is 23.2 Å². The van der Waals surface area contributed by atoms with E-state index in [-0.39, 0.29) is 24.3 Å². The van der Waals surface area contributed by atoms with Crippen molar-refractivity contribution in [1.82, 2.24) is 4.90 Å². The van der Waals surface area contributed by atoms with Crippen LogP contribution in [0, 0.1) is 5.92 Å². The fraction of sp³-hybridized carbons (Fsp3) is 0.579. The lowest BCUT2D eigenvalue weighted by Gasteiger charge is -2.26. The molecule has 138 valence electrons. The predicted molar refractivity (Wildman–Crippen MR) is 99.7 cm³/mol. The van der Waals surface area contributed by atoms with Gasteiger partial charge in [-0.2, -0.15) is 0 Å². The Morgan fingerprint density at radius 1 is 1.28 bits per heavy atom. The van der Waals surface area contributed by atoms with Gasteiger partial charge >= 0.3 is 0 Å². The molecule has 1 aromatic rings. The zero-order valence-corrected chi connectivity index (χ0v) is 15.8. The number of hydrogen-bond acceptors (Lipinski definition) is 4. The number of methoxy groups -OCH3 is 1. The van der Waals surface area contributed by atoms with E-state index in [4.69, 9.17) is 4.74 Å². The van der Waals surface area contributed by atoms with Gasteiger partial charge in [0.1, 0.15) is 6.61 Å². The third-order valence-electron chi connectivity index (χ3n) is 4.27. The summed E-state index contributed by atoms with van der Waals surface area (Å²) >= 11 is 0. The number of anilines is 2. The lowest BCUT2D eigenvalue weighted by Crippen LogP contribution is -2.35. The van der Waals surface area contributed by atoms with E-state index in [0.29, 0.717) is 12.6 Å². The van der Waals surface area contributed by atoms with Gasteiger partial charge in [0.15, 0.2) is 0 Å². The van der Waals surface area contributed by atoms with Crippen molar-refractivity contribution in [3.05, 3.63) is 23.8 Å². The van der Waals surface area contributed by atoms with E-state index < -0.39 is 0 Å². The molecule has 25 heavy (non-hydrogen) atoms. The Hall–Kier alpha value is -2.08. The van der Waals surface area contributed by atoms with Gasteiger partial charge < -0.3 is 19.9 Å². The molecule has 0 radical (unpaired) electrons. The van der Waals surface area contributed by atoms with E-state index in [0.717, 1.165) is 29.8 Å². The number of amides is 2. The Labute approximate surface area is 150 Å². The molecular weight excluding hydrogens is 318 g/mol.